The molecule has 0 amide bonds. The first kappa shape index (κ1) is 14.5. The van der Waals surface area contributed by atoms with E-state index in [1.165, 1.54) is 5.56 Å². The lowest BCUT2D eigenvalue weighted by Crippen LogP contribution is -2.24. The van der Waals surface area contributed by atoms with Crippen LogP contribution in [0, 0.1) is 27.7 Å². The number of oxazole rings is 1. The molecule has 0 aromatic carbocycles. The number of H-pyrrole nitrogens is 1. The molecule has 22 heavy (non-hydrogen) atoms. The van der Waals surface area contributed by atoms with Crippen molar-refractivity contribution in [3.63, 3.8) is 0 Å². The topological polar surface area (TPSA) is 83.7 Å². The third-order valence-corrected chi connectivity index (χ3v) is 3.98. The summed E-state index contributed by atoms with van der Waals surface area (Å²) in [7, 11) is 2.00. The summed E-state index contributed by atoms with van der Waals surface area (Å²) >= 11 is 0. The van der Waals surface area contributed by atoms with Crippen molar-refractivity contribution in [3.8, 4) is 0 Å². The fourth-order valence-corrected chi connectivity index (χ4v) is 2.81. The lowest BCUT2D eigenvalue weighted by atomic mass is 10.1. The van der Waals surface area contributed by atoms with Gasteiger partial charge < -0.3 is 9.32 Å². The van der Waals surface area contributed by atoms with Gasteiger partial charge in [0, 0.05) is 25.2 Å². The van der Waals surface area contributed by atoms with Crippen LogP contribution >= 0.6 is 0 Å². The van der Waals surface area contributed by atoms with Crippen LogP contribution in [-0.4, -0.2) is 32.2 Å². The molecule has 0 radical (unpaired) electrons. The molecule has 3 heterocycles. The molecule has 3 rings (SSSR count). The predicted molar refractivity (Wildman–Crippen MR) is 84.0 cm³/mol. The Kier molecular flexibility index (Phi) is 3.35. The molecule has 3 aromatic rings. The van der Waals surface area contributed by atoms with Crippen LogP contribution in [0.4, 0.5) is 5.82 Å². The Bertz CT molecular complexity index is 815. The molecular formula is C15H20N6O. The molecule has 0 spiro atoms. The number of aromatic nitrogens is 5. The van der Waals surface area contributed by atoms with Crippen molar-refractivity contribution >= 4 is 17.0 Å². The van der Waals surface area contributed by atoms with E-state index in [4.69, 9.17) is 4.42 Å². The zero-order valence-electron chi connectivity index (χ0n) is 13.7. The van der Waals surface area contributed by atoms with Crippen LogP contribution in [0.2, 0.25) is 0 Å². The maximum atomic E-state index is 5.55. The van der Waals surface area contributed by atoms with E-state index in [1.54, 1.807) is 0 Å². The fraction of sp³-hybridized carbons (Fsp3) is 0.467. The van der Waals surface area contributed by atoms with E-state index in [-0.39, 0.29) is 6.04 Å². The molecule has 0 bridgehead atoms. The molecule has 0 aliphatic heterocycles. The van der Waals surface area contributed by atoms with E-state index >= 15 is 0 Å². The third kappa shape index (κ3) is 2.22. The number of nitrogens with one attached hydrogen (secondary N) is 1. The van der Waals surface area contributed by atoms with Crippen molar-refractivity contribution in [3.05, 3.63) is 28.7 Å². The molecule has 7 nitrogen and oxygen atoms in total. The third-order valence-electron chi connectivity index (χ3n) is 3.98. The molecule has 0 saturated carbocycles. The number of aryl methyl sites for hydroxylation is 4. The quantitative estimate of drug-likeness (QED) is 0.800. The van der Waals surface area contributed by atoms with Gasteiger partial charge in [0.15, 0.2) is 17.2 Å². The summed E-state index contributed by atoms with van der Waals surface area (Å²) in [6.45, 7) is 9.83. The fourth-order valence-electron chi connectivity index (χ4n) is 2.81. The summed E-state index contributed by atoms with van der Waals surface area (Å²) in [5.41, 5.74) is 4.45. The maximum absolute atomic E-state index is 5.55. The first-order valence-electron chi connectivity index (χ1n) is 7.24. The van der Waals surface area contributed by atoms with Gasteiger partial charge in [0.25, 0.3) is 5.71 Å². The summed E-state index contributed by atoms with van der Waals surface area (Å²) in [4.78, 5) is 15.4. The van der Waals surface area contributed by atoms with Gasteiger partial charge in [0.2, 0.25) is 0 Å². The molecule has 0 fully saturated rings. The second kappa shape index (κ2) is 5.08. The Morgan fingerprint density at radius 2 is 1.82 bits per heavy atom. The average molecular weight is 300 g/mol. The highest BCUT2D eigenvalue weighted by atomic mass is 16.4. The Balaban J connectivity index is 2.10. The highest BCUT2D eigenvalue weighted by molar-refractivity contribution is 5.82. The average Bonchev–Trinajstić information content (AvgIpc) is 2.98. The molecule has 7 heteroatoms. The zero-order valence-corrected chi connectivity index (χ0v) is 13.7. The van der Waals surface area contributed by atoms with Gasteiger partial charge in [-0.25, -0.2) is 9.97 Å². The highest BCUT2D eigenvalue weighted by Crippen LogP contribution is 2.31. The van der Waals surface area contributed by atoms with Gasteiger partial charge >= 0.3 is 0 Å². The zero-order chi connectivity index (χ0) is 16.0. The van der Waals surface area contributed by atoms with Crippen molar-refractivity contribution in [1.29, 1.82) is 0 Å². The Morgan fingerprint density at radius 1 is 1.09 bits per heavy atom. The van der Waals surface area contributed by atoms with Crippen LogP contribution in [0.25, 0.3) is 11.2 Å². The molecule has 0 aliphatic rings. The van der Waals surface area contributed by atoms with Crippen molar-refractivity contribution in [2.45, 2.75) is 40.7 Å². The highest BCUT2D eigenvalue weighted by Gasteiger charge is 2.23. The van der Waals surface area contributed by atoms with Gasteiger partial charge in [-0.05, 0) is 27.7 Å². The van der Waals surface area contributed by atoms with Gasteiger partial charge in [-0.1, -0.05) is 0 Å². The Morgan fingerprint density at radius 3 is 2.45 bits per heavy atom. The van der Waals surface area contributed by atoms with Gasteiger partial charge in [0.05, 0.1) is 11.7 Å². The number of hydrogen-bond donors (Lipinski definition) is 1. The van der Waals surface area contributed by atoms with Crippen LogP contribution in [0.1, 0.15) is 41.6 Å². The number of rotatable bonds is 3. The molecular weight excluding hydrogens is 280 g/mol. The number of hydrogen-bond acceptors (Lipinski definition) is 6. The van der Waals surface area contributed by atoms with Gasteiger partial charge in [-0.3, -0.25) is 5.10 Å². The molecule has 0 aliphatic carbocycles. The lowest BCUT2D eigenvalue weighted by Gasteiger charge is -2.26. The molecule has 116 valence electrons. The van der Waals surface area contributed by atoms with Crippen molar-refractivity contribution in [2.24, 2.45) is 0 Å². The van der Waals surface area contributed by atoms with Crippen LogP contribution in [0.15, 0.2) is 4.42 Å². The number of fused-ring (bicyclic) bond motifs is 1. The molecule has 0 saturated heterocycles. The van der Waals surface area contributed by atoms with E-state index in [9.17, 15) is 0 Å². The van der Waals surface area contributed by atoms with Crippen molar-refractivity contribution < 1.29 is 4.42 Å². The van der Waals surface area contributed by atoms with Crippen molar-refractivity contribution in [2.75, 3.05) is 11.9 Å². The van der Waals surface area contributed by atoms with Crippen LogP contribution < -0.4 is 4.90 Å². The largest absolute Gasteiger partial charge is 0.422 e. The van der Waals surface area contributed by atoms with Crippen molar-refractivity contribution in [1.82, 2.24) is 25.1 Å². The summed E-state index contributed by atoms with van der Waals surface area (Å²) in [6, 6.07) is 0.105. The summed E-state index contributed by atoms with van der Waals surface area (Å²) in [6.07, 6.45) is 0. The molecule has 3 aromatic heterocycles. The lowest BCUT2D eigenvalue weighted by molar-refractivity contribution is 0.550. The van der Waals surface area contributed by atoms with Gasteiger partial charge in [0.1, 0.15) is 5.82 Å². The number of anilines is 1. The second-order valence-electron chi connectivity index (χ2n) is 5.62. The van der Waals surface area contributed by atoms with Crippen LogP contribution in [-0.2, 0) is 0 Å². The second-order valence-corrected chi connectivity index (χ2v) is 5.62. The minimum Gasteiger partial charge on any atom is -0.422 e. The molecule has 1 N–H and O–H groups in total. The SMILES string of the molecule is Cc1nc(N(C)[C@H](C)c2c(C)n[nH]c2C)c2nc(C)oc2n1. The number of nitrogens with zero attached hydrogens (tertiary/aromatic N) is 5. The summed E-state index contributed by atoms with van der Waals surface area (Å²) in [5, 5.41) is 7.31. The first-order valence-corrected chi connectivity index (χ1v) is 7.24. The van der Waals surface area contributed by atoms with E-state index in [2.05, 4.69) is 37.0 Å². The minimum absolute atomic E-state index is 0.105. The standard InChI is InChI=1S/C15H20N6O/c1-7-12(8(2)20-19-7)9(3)21(6)14-13-15(17-10(4)16-14)22-11(5)18-13/h9H,1-6H3,(H,19,20)/t9-/m1/s1. The molecule has 0 unspecified atom stereocenters. The van der Waals surface area contributed by atoms with Gasteiger partial charge in [-0.2, -0.15) is 10.1 Å². The van der Waals surface area contributed by atoms with E-state index in [1.807, 2.05) is 34.7 Å². The summed E-state index contributed by atoms with van der Waals surface area (Å²) in [5.74, 6) is 2.03. The van der Waals surface area contributed by atoms with Crippen LogP contribution in [0.5, 0.6) is 0 Å². The monoisotopic (exact) mass is 300 g/mol. The predicted octanol–water partition coefficient (Wildman–Crippen LogP) is 2.77. The Hall–Kier alpha value is -2.44. The van der Waals surface area contributed by atoms with Gasteiger partial charge in [-0.15, -0.1) is 0 Å². The van der Waals surface area contributed by atoms with E-state index < -0.39 is 0 Å². The molecule has 1 atom stereocenters. The summed E-state index contributed by atoms with van der Waals surface area (Å²) < 4.78 is 5.55. The van der Waals surface area contributed by atoms with Crippen LogP contribution in [0.3, 0.4) is 0 Å². The van der Waals surface area contributed by atoms with E-state index in [0.717, 1.165) is 17.2 Å². The number of aromatic amines is 1. The minimum atomic E-state index is 0.105. The smallest absolute Gasteiger partial charge is 0.252 e. The maximum Gasteiger partial charge on any atom is 0.252 e. The normalized spacial score (nSPS) is 12.8. The Labute approximate surface area is 128 Å². The first-order chi connectivity index (χ1) is 10.4. The van der Waals surface area contributed by atoms with E-state index in [0.29, 0.717) is 22.9 Å².